The minimum atomic E-state index is 0.129. The Morgan fingerprint density at radius 2 is 1.78 bits per heavy atom. The number of hydrogen-bond donors (Lipinski definition) is 0. The Morgan fingerprint density at radius 3 is 2.41 bits per heavy atom. The molecule has 1 aliphatic rings. The second-order valence-electron chi connectivity index (χ2n) is 8.90. The van der Waals surface area contributed by atoms with Crippen LogP contribution in [-0.4, -0.2) is 23.6 Å². The van der Waals surface area contributed by atoms with Crippen molar-refractivity contribution in [1.82, 2.24) is 4.57 Å². The molecule has 3 aromatic rings. The number of Topliss-reactive ketones (excluding diaryl/α,β-unsaturated/α-hetero) is 1. The highest BCUT2D eigenvalue weighted by atomic mass is 32.1. The van der Waals surface area contributed by atoms with Crippen molar-refractivity contribution in [1.29, 1.82) is 0 Å². The van der Waals surface area contributed by atoms with Crippen LogP contribution in [0.5, 0.6) is 0 Å². The molecule has 0 bridgehead atoms. The number of benzene rings is 1. The number of allylic oxidation sites excluding steroid dienone is 2. The third kappa shape index (κ3) is 5.60. The van der Waals surface area contributed by atoms with E-state index in [1.165, 1.54) is 23.1 Å². The molecule has 0 saturated carbocycles. The largest absolute Gasteiger partial charge is 0.381 e. The summed E-state index contributed by atoms with van der Waals surface area (Å²) < 4.78 is 7.79. The van der Waals surface area contributed by atoms with Gasteiger partial charge in [0.1, 0.15) is 4.83 Å². The topological polar surface area (TPSA) is 31.2 Å². The van der Waals surface area contributed by atoms with E-state index in [4.69, 9.17) is 4.74 Å². The van der Waals surface area contributed by atoms with Crippen LogP contribution in [0.1, 0.15) is 75.0 Å². The molecule has 32 heavy (non-hydrogen) atoms. The van der Waals surface area contributed by atoms with Gasteiger partial charge in [-0.15, -0.1) is 11.3 Å². The molecule has 0 unspecified atom stereocenters. The molecule has 0 aliphatic carbocycles. The molecular formula is C28H37NO2S. The molecule has 0 atom stereocenters. The number of carbonyl (C=O) groups is 1. The molecule has 1 aromatic carbocycles. The van der Waals surface area contributed by atoms with Crippen molar-refractivity contribution in [2.24, 2.45) is 5.92 Å². The first-order chi connectivity index (χ1) is 15.5. The maximum absolute atomic E-state index is 13.8. The van der Waals surface area contributed by atoms with E-state index >= 15 is 0 Å². The van der Waals surface area contributed by atoms with E-state index in [0.29, 0.717) is 5.92 Å². The molecule has 3 nitrogen and oxygen atoms in total. The molecule has 1 saturated heterocycles. The number of ether oxygens (including phenoxy) is 1. The van der Waals surface area contributed by atoms with Crippen molar-refractivity contribution in [3.05, 3.63) is 64.2 Å². The molecule has 172 valence electrons. The van der Waals surface area contributed by atoms with Crippen LogP contribution in [0.4, 0.5) is 0 Å². The number of aromatic nitrogens is 1. The van der Waals surface area contributed by atoms with Crippen LogP contribution < -0.4 is 0 Å². The molecule has 0 N–H and O–H groups in total. The van der Waals surface area contributed by atoms with Crippen LogP contribution in [0.15, 0.2) is 47.4 Å². The Balaban J connectivity index is 0.000000668. The summed E-state index contributed by atoms with van der Waals surface area (Å²) in [5.74, 6) is 0.691. The van der Waals surface area contributed by atoms with Gasteiger partial charge in [0.15, 0.2) is 0 Å². The number of unbranched alkanes of at least 4 members (excludes halogenated alkanes) is 1. The Labute approximate surface area is 197 Å². The lowest BCUT2D eigenvalue weighted by Gasteiger charge is -2.24. The fourth-order valence-electron chi connectivity index (χ4n) is 4.13. The van der Waals surface area contributed by atoms with E-state index < -0.39 is 0 Å². The predicted octanol–water partition coefficient (Wildman–Crippen LogP) is 7.92. The van der Waals surface area contributed by atoms with Crippen LogP contribution >= 0.6 is 11.3 Å². The Morgan fingerprint density at radius 1 is 1.09 bits per heavy atom. The first kappa shape index (κ1) is 24.5. The molecule has 4 heteroatoms. The summed E-state index contributed by atoms with van der Waals surface area (Å²) in [6.07, 6.45) is 4.76. The fourth-order valence-corrected chi connectivity index (χ4v) is 5.04. The Kier molecular flexibility index (Phi) is 8.89. The van der Waals surface area contributed by atoms with Gasteiger partial charge >= 0.3 is 0 Å². The third-order valence-electron chi connectivity index (χ3n) is 6.16. The summed E-state index contributed by atoms with van der Waals surface area (Å²) in [6.45, 7) is 13.0. The molecule has 3 heterocycles. The van der Waals surface area contributed by atoms with E-state index in [2.05, 4.69) is 55.0 Å². The van der Waals surface area contributed by atoms with E-state index in [1.54, 1.807) is 11.3 Å². The number of nitrogens with zero attached hydrogens (tertiary/aromatic N) is 1. The molecule has 2 aromatic heterocycles. The van der Waals surface area contributed by atoms with Gasteiger partial charge < -0.3 is 9.30 Å². The molecule has 4 rings (SSSR count). The standard InChI is InChI=1S/C24H27NO2S.C4H10/c1-16(2)22(20-7-5-4-6-17(20)3)23(26)21-14-19-10-13-28-24(19)25(21)15-18-8-11-27-12-9-18;1-3-4-2/h4-7,10,13-14,18H,8-9,11-12,15H2,1-3H3;3-4H2,1-2H3. The van der Waals surface area contributed by atoms with Crippen LogP contribution in [0, 0.1) is 12.8 Å². The Hall–Kier alpha value is -2.17. The second-order valence-corrected chi connectivity index (χ2v) is 9.79. The molecule has 1 fully saturated rings. The summed E-state index contributed by atoms with van der Waals surface area (Å²) in [6, 6.07) is 12.4. The molecule has 0 radical (unpaired) electrons. The van der Waals surface area contributed by atoms with Gasteiger partial charge in [-0.2, -0.15) is 0 Å². The van der Waals surface area contributed by atoms with Crippen molar-refractivity contribution >= 4 is 32.9 Å². The van der Waals surface area contributed by atoms with Gasteiger partial charge in [0.2, 0.25) is 5.78 Å². The van der Waals surface area contributed by atoms with Gasteiger partial charge in [-0.25, -0.2) is 0 Å². The maximum atomic E-state index is 13.8. The fraction of sp³-hybridized carbons (Fsp3) is 0.464. The lowest BCUT2D eigenvalue weighted by atomic mass is 9.92. The predicted molar refractivity (Wildman–Crippen MR) is 138 cm³/mol. The average Bonchev–Trinajstić information content (AvgIpc) is 3.38. The van der Waals surface area contributed by atoms with Gasteiger partial charge in [0.05, 0.1) is 5.69 Å². The van der Waals surface area contributed by atoms with Crippen molar-refractivity contribution in [3.63, 3.8) is 0 Å². The second kappa shape index (κ2) is 11.6. The molecule has 1 aliphatic heterocycles. The molecule has 0 amide bonds. The SMILES string of the molecule is CC(C)=C(C(=O)c1cc2ccsc2n1CC1CCOCC1)c1ccccc1C.CCCC. The van der Waals surface area contributed by atoms with Crippen LogP contribution in [-0.2, 0) is 11.3 Å². The van der Waals surface area contributed by atoms with E-state index in [0.717, 1.165) is 60.6 Å². The number of carbonyl (C=O) groups excluding carboxylic acids is 1. The zero-order chi connectivity index (χ0) is 23.1. The highest BCUT2D eigenvalue weighted by Crippen LogP contribution is 2.32. The number of rotatable bonds is 6. The van der Waals surface area contributed by atoms with Crippen molar-refractivity contribution < 1.29 is 9.53 Å². The highest BCUT2D eigenvalue weighted by Gasteiger charge is 2.25. The summed E-state index contributed by atoms with van der Waals surface area (Å²) in [7, 11) is 0. The van der Waals surface area contributed by atoms with Crippen LogP contribution in [0.2, 0.25) is 0 Å². The maximum Gasteiger partial charge on any atom is 0.209 e. The molecule has 0 spiro atoms. The monoisotopic (exact) mass is 451 g/mol. The van der Waals surface area contributed by atoms with Gasteiger partial charge in [0.25, 0.3) is 0 Å². The van der Waals surface area contributed by atoms with Gasteiger partial charge in [-0.05, 0) is 68.2 Å². The summed E-state index contributed by atoms with van der Waals surface area (Å²) in [4.78, 5) is 15.0. The van der Waals surface area contributed by atoms with Gasteiger partial charge in [-0.1, -0.05) is 56.5 Å². The van der Waals surface area contributed by atoms with E-state index in [1.807, 2.05) is 26.0 Å². The first-order valence-corrected chi connectivity index (χ1v) is 12.8. The van der Waals surface area contributed by atoms with Gasteiger partial charge in [-0.3, -0.25) is 4.79 Å². The minimum absolute atomic E-state index is 0.129. The summed E-state index contributed by atoms with van der Waals surface area (Å²) >= 11 is 1.72. The first-order valence-electron chi connectivity index (χ1n) is 11.9. The summed E-state index contributed by atoms with van der Waals surface area (Å²) in [5, 5.41) is 3.28. The summed E-state index contributed by atoms with van der Waals surface area (Å²) in [5.41, 5.74) is 4.87. The number of ketones is 1. The lowest BCUT2D eigenvalue weighted by molar-refractivity contribution is 0.0614. The average molecular weight is 452 g/mol. The van der Waals surface area contributed by atoms with Crippen LogP contribution in [0.25, 0.3) is 15.8 Å². The van der Waals surface area contributed by atoms with E-state index in [-0.39, 0.29) is 5.78 Å². The number of thiophene rings is 1. The zero-order valence-electron chi connectivity index (χ0n) is 20.2. The smallest absolute Gasteiger partial charge is 0.209 e. The number of aryl methyl sites for hydroxylation is 1. The minimum Gasteiger partial charge on any atom is -0.381 e. The Bertz CT molecular complexity index is 1060. The number of fused-ring (bicyclic) bond motifs is 1. The highest BCUT2D eigenvalue weighted by molar-refractivity contribution is 7.16. The van der Waals surface area contributed by atoms with Crippen molar-refractivity contribution in [2.45, 2.75) is 66.8 Å². The van der Waals surface area contributed by atoms with Crippen molar-refractivity contribution in [3.8, 4) is 0 Å². The van der Waals surface area contributed by atoms with Crippen molar-refractivity contribution in [2.75, 3.05) is 13.2 Å². The van der Waals surface area contributed by atoms with E-state index in [9.17, 15) is 4.79 Å². The quantitative estimate of drug-likeness (QED) is 0.281. The molecular weight excluding hydrogens is 414 g/mol. The van der Waals surface area contributed by atoms with Crippen LogP contribution in [0.3, 0.4) is 0 Å². The van der Waals surface area contributed by atoms with Gasteiger partial charge in [0, 0.05) is 30.7 Å². The lowest BCUT2D eigenvalue weighted by Crippen LogP contribution is -2.22. The zero-order valence-corrected chi connectivity index (χ0v) is 21.1. The third-order valence-corrected chi connectivity index (χ3v) is 7.11. The number of hydrogen-bond acceptors (Lipinski definition) is 3. The normalized spacial score (nSPS) is 14.2.